The molecule has 0 saturated carbocycles. The third-order valence-corrected chi connectivity index (χ3v) is 3.79. The molecule has 19 heavy (non-hydrogen) atoms. The molecule has 0 saturated heterocycles. The quantitative estimate of drug-likeness (QED) is 0.783. The van der Waals surface area contributed by atoms with Crippen molar-refractivity contribution in [1.29, 1.82) is 0 Å². The molecule has 0 aliphatic rings. The highest BCUT2D eigenvalue weighted by atomic mass is 16.4. The second-order valence-electron chi connectivity index (χ2n) is 5.46. The lowest BCUT2D eigenvalue weighted by molar-refractivity contribution is -0.149. The second kappa shape index (κ2) is 6.63. The van der Waals surface area contributed by atoms with Crippen molar-refractivity contribution in [3.8, 4) is 0 Å². The molecule has 0 spiro atoms. The van der Waals surface area contributed by atoms with Gasteiger partial charge in [0, 0.05) is 5.92 Å². The Morgan fingerprint density at radius 2 is 2.16 bits per heavy atom. The van der Waals surface area contributed by atoms with Crippen molar-refractivity contribution < 1.29 is 9.90 Å². The van der Waals surface area contributed by atoms with Crippen LogP contribution in [0.4, 0.5) is 0 Å². The zero-order valence-corrected chi connectivity index (χ0v) is 12.3. The summed E-state index contributed by atoms with van der Waals surface area (Å²) in [5.74, 6) is 0.233. The Bertz CT molecular complexity index is 419. The van der Waals surface area contributed by atoms with Gasteiger partial charge in [-0.25, -0.2) is 4.68 Å². The fourth-order valence-corrected chi connectivity index (χ4v) is 1.98. The van der Waals surface area contributed by atoms with Crippen LogP contribution in [0.1, 0.15) is 65.1 Å². The number of nitrogens with zero attached hydrogens (tertiary/aromatic N) is 4. The molecule has 2 unspecified atom stereocenters. The van der Waals surface area contributed by atoms with Gasteiger partial charge in [0.05, 0.1) is 12.0 Å². The maximum absolute atomic E-state index is 11.3. The molecule has 1 heterocycles. The molecule has 108 valence electrons. The number of carboxylic acid groups (broad SMARTS) is 1. The van der Waals surface area contributed by atoms with E-state index < -0.39 is 11.4 Å². The van der Waals surface area contributed by atoms with Gasteiger partial charge in [-0.2, -0.15) is 0 Å². The molecule has 1 rings (SSSR count). The minimum Gasteiger partial charge on any atom is -0.481 e. The summed E-state index contributed by atoms with van der Waals surface area (Å²) in [6.07, 6.45) is 3.82. The Kier molecular flexibility index (Phi) is 5.44. The molecule has 0 amide bonds. The summed E-state index contributed by atoms with van der Waals surface area (Å²) in [5.41, 5.74) is -0.825. The normalized spacial score (nSPS) is 16.0. The summed E-state index contributed by atoms with van der Waals surface area (Å²) in [6.45, 7) is 8.16. The van der Waals surface area contributed by atoms with Crippen LogP contribution in [0.5, 0.6) is 0 Å². The number of carbonyl (C=O) groups is 1. The van der Waals surface area contributed by atoms with Crippen LogP contribution in [0.15, 0.2) is 0 Å². The van der Waals surface area contributed by atoms with E-state index in [0.29, 0.717) is 13.0 Å². The van der Waals surface area contributed by atoms with E-state index in [2.05, 4.69) is 29.4 Å². The molecular formula is C13H24N4O2. The zero-order valence-electron chi connectivity index (χ0n) is 12.3. The van der Waals surface area contributed by atoms with E-state index in [4.69, 9.17) is 0 Å². The fraction of sp³-hybridized carbons (Fsp3) is 0.846. The maximum Gasteiger partial charge on any atom is 0.311 e. The molecule has 2 atom stereocenters. The Morgan fingerprint density at radius 3 is 2.68 bits per heavy atom. The summed E-state index contributed by atoms with van der Waals surface area (Å²) in [4.78, 5) is 11.3. The first-order chi connectivity index (χ1) is 8.94. The van der Waals surface area contributed by atoms with Crippen molar-refractivity contribution in [2.24, 2.45) is 5.41 Å². The lowest BCUT2D eigenvalue weighted by Crippen LogP contribution is -2.33. The van der Waals surface area contributed by atoms with Gasteiger partial charge in [0.2, 0.25) is 0 Å². The second-order valence-corrected chi connectivity index (χ2v) is 5.46. The van der Waals surface area contributed by atoms with Crippen LogP contribution in [0.3, 0.4) is 0 Å². The number of hydrogen-bond donors (Lipinski definition) is 1. The van der Waals surface area contributed by atoms with E-state index in [9.17, 15) is 9.90 Å². The SMILES string of the molecule is CCCCC(C)c1nnnn1CC(C)(CC)C(=O)O. The highest BCUT2D eigenvalue weighted by Gasteiger charge is 2.33. The molecular weight excluding hydrogens is 244 g/mol. The maximum atomic E-state index is 11.3. The van der Waals surface area contributed by atoms with Crippen molar-refractivity contribution in [3.63, 3.8) is 0 Å². The van der Waals surface area contributed by atoms with E-state index in [1.54, 1.807) is 11.6 Å². The average molecular weight is 268 g/mol. The van der Waals surface area contributed by atoms with Gasteiger partial charge in [-0.1, -0.05) is 33.6 Å². The predicted octanol–water partition coefficient (Wildman–Crippen LogP) is 2.47. The van der Waals surface area contributed by atoms with Crippen LogP contribution in [0.25, 0.3) is 0 Å². The highest BCUT2D eigenvalue weighted by molar-refractivity contribution is 5.73. The van der Waals surface area contributed by atoms with E-state index >= 15 is 0 Å². The number of aliphatic carboxylic acids is 1. The van der Waals surface area contributed by atoms with E-state index in [1.165, 1.54) is 0 Å². The van der Waals surface area contributed by atoms with Crippen LogP contribution in [-0.4, -0.2) is 31.3 Å². The van der Waals surface area contributed by atoms with Crippen molar-refractivity contribution >= 4 is 5.97 Å². The highest BCUT2D eigenvalue weighted by Crippen LogP contribution is 2.26. The van der Waals surface area contributed by atoms with Crippen LogP contribution in [0, 0.1) is 5.41 Å². The molecule has 0 bridgehead atoms. The average Bonchev–Trinajstić information content (AvgIpc) is 2.83. The molecule has 1 aromatic heterocycles. The lowest BCUT2D eigenvalue weighted by atomic mass is 9.87. The molecule has 6 nitrogen and oxygen atoms in total. The Balaban J connectivity index is 2.85. The minimum absolute atomic E-state index is 0.254. The van der Waals surface area contributed by atoms with Crippen LogP contribution in [-0.2, 0) is 11.3 Å². The molecule has 0 aliphatic heterocycles. The number of unbranched alkanes of at least 4 members (excludes halogenated alkanes) is 1. The van der Waals surface area contributed by atoms with E-state index in [1.807, 2.05) is 6.92 Å². The van der Waals surface area contributed by atoms with Gasteiger partial charge in [0.1, 0.15) is 0 Å². The topological polar surface area (TPSA) is 80.9 Å². The molecule has 1 N–H and O–H groups in total. The lowest BCUT2D eigenvalue weighted by Gasteiger charge is -2.23. The summed E-state index contributed by atoms with van der Waals surface area (Å²) in [7, 11) is 0. The van der Waals surface area contributed by atoms with Crippen molar-refractivity contribution in [3.05, 3.63) is 5.82 Å². The van der Waals surface area contributed by atoms with Gasteiger partial charge in [0.15, 0.2) is 5.82 Å². The molecule has 6 heteroatoms. The number of tetrazole rings is 1. The summed E-state index contributed by atoms with van der Waals surface area (Å²) in [5, 5.41) is 21.0. The standard InChI is InChI=1S/C13H24N4O2/c1-5-7-8-10(3)11-14-15-16-17(11)9-13(4,6-2)12(18)19/h10H,5-9H2,1-4H3,(H,18,19). The molecule has 1 aromatic rings. The number of carboxylic acids is 1. The van der Waals surface area contributed by atoms with E-state index in [0.717, 1.165) is 25.1 Å². The third kappa shape index (κ3) is 3.75. The first-order valence-corrected chi connectivity index (χ1v) is 6.94. The third-order valence-electron chi connectivity index (χ3n) is 3.79. The van der Waals surface area contributed by atoms with Gasteiger partial charge >= 0.3 is 5.97 Å². The van der Waals surface area contributed by atoms with Gasteiger partial charge in [0.25, 0.3) is 0 Å². The van der Waals surface area contributed by atoms with Crippen molar-refractivity contribution in [1.82, 2.24) is 20.2 Å². The molecule has 0 fully saturated rings. The Morgan fingerprint density at radius 1 is 1.47 bits per heavy atom. The van der Waals surface area contributed by atoms with Gasteiger partial charge in [-0.05, 0) is 30.2 Å². The van der Waals surface area contributed by atoms with Crippen molar-refractivity contribution in [2.45, 2.75) is 65.8 Å². The summed E-state index contributed by atoms with van der Waals surface area (Å²) < 4.78 is 1.65. The first-order valence-electron chi connectivity index (χ1n) is 6.94. The number of hydrogen-bond acceptors (Lipinski definition) is 4. The number of rotatable bonds is 8. The number of aromatic nitrogens is 4. The Hall–Kier alpha value is -1.46. The zero-order chi connectivity index (χ0) is 14.5. The summed E-state index contributed by atoms with van der Waals surface area (Å²) in [6, 6.07) is 0. The van der Waals surface area contributed by atoms with Crippen LogP contribution in [0.2, 0.25) is 0 Å². The minimum atomic E-state index is -0.825. The predicted molar refractivity (Wildman–Crippen MR) is 71.8 cm³/mol. The largest absolute Gasteiger partial charge is 0.481 e. The molecule has 0 radical (unpaired) electrons. The smallest absolute Gasteiger partial charge is 0.311 e. The summed E-state index contributed by atoms with van der Waals surface area (Å²) >= 11 is 0. The Labute approximate surface area is 114 Å². The van der Waals surface area contributed by atoms with Gasteiger partial charge < -0.3 is 5.11 Å². The first kappa shape index (κ1) is 15.6. The van der Waals surface area contributed by atoms with Gasteiger partial charge in [-0.3, -0.25) is 4.79 Å². The van der Waals surface area contributed by atoms with Crippen molar-refractivity contribution in [2.75, 3.05) is 0 Å². The van der Waals surface area contributed by atoms with Crippen LogP contribution < -0.4 is 0 Å². The van der Waals surface area contributed by atoms with Gasteiger partial charge in [-0.15, -0.1) is 5.10 Å². The molecule has 0 aliphatic carbocycles. The monoisotopic (exact) mass is 268 g/mol. The van der Waals surface area contributed by atoms with E-state index in [-0.39, 0.29) is 5.92 Å². The van der Waals surface area contributed by atoms with Crippen LogP contribution >= 0.6 is 0 Å². The molecule has 0 aromatic carbocycles. The fourth-order valence-electron chi connectivity index (χ4n) is 1.98.